The van der Waals surface area contributed by atoms with E-state index in [-0.39, 0.29) is 18.2 Å². The summed E-state index contributed by atoms with van der Waals surface area (Å²) in [7, 11) is 0. The van der Waals surface area contributed by atoms with Crippen LogP contribution in [0.4, 0.5) is 0 Å². The quantitative estimate of drug-likeness (QED) is 0.663. The SMILES string of the molecule is O=c1[nH]c2ccc(C(CO)C3CCNCC3)cc2[nH]1. The van der Waals surface area contributed by atoms with Crippen molar-refractivity contribution < 1.29 is 5.11 Å². The van der Waals surface area contributed by atoms with E-state index >= 15 is 0 Å². The molecule has 2 aromatic rings. The Balaban J connectivity index is 1.93. The van der Waals surface area contributed by atoms with Crippen LogP contribution in [0.3, 0.4) is 0 Å². The van der Waals surface area contributed by atoms with Gasteiger partial charge >= 0.3 is 5.69 Å². The molecule has 0 amide bonds. The van der Waals surface area contributed by atoms with Crippen molar-refractivity contribution in [2.24, 2.45) is 5.92 Å². The molecular weight excluding hydrogens is 242 g/mol. The van der Waals surface area contributed by atoms with E-state index in [1.165, 1.54) is 0 Å². The highest BCUT2D eigenvalue weighted by atomic mass is 16.3. The van der Waals surface area contributed by atoms with Crippen molar-refractivity contribution in [1.82, 2.24) is 15.3 Å². The Labute approximate surface area is 111 Å². The zero-order valence-corrected chi connectivity index (χ0v) is 10.8. The van der Waals surface area contributed by atoms with E-state index in [4.69, 9.17) is 0 Å². The van der Waals surface area contributed by atoms with Crippen LogP contribution in [0.2, 0.25) is 0 Å². The number of nitrogens with one attached hydrogen (secondary N) is 3. The smallest absolute Gasteiger partial charge is 0.323 e. The summed E-state index contributed by atoms with van der Waals surface area (Å²) in [6.45, 7) is 2.19. The summed E-state index contributed by atoms with van der Waals surface area (Å²) in [4.78, 5) is 16.8. The van der Waals surface area contributed by atoms with Gasteiger partial charge in [-0.05, 0) is 49.5 Å². The summed E-state index contributed by atoms with van der Waals surface area (Å²) in [5, 5.41) is 13.1. The van der Waals surface area contributed by atoms with Crippen LogP contribution in [-0.2, 0) is 0 Å². The number of benzene rings is 1. The van der Waals surface area contributed by atoms with Gasteiger partial charge in [0.2, 0.25) is 0 Å². The number of aromatic nitrogens is 2. The van der Waals surface area contributed by atoms with Crippen molar-refractivity contribution in [3.05, 3.63) is 34.2 Å². The molecule has 102 valence electrons. The minimum Gasteiger partial charge on any atom is -0.396 e. The normalized spacial score (nSPS) is 18.8. The van der Waals surface area contributed by atoms with Crippen molar-refractivity contribution in [1.29, 1.82) is 0 Å². The lowest BCUT2D eigenvalue weighted by Crippen LogP contribution is -2.32. The van der Waals surface area contributed by atoms with Gasteiger partial charge in [-0.3, -0.25) is 0 Å². The highest BCUT2D eigenvalue weighted by molar-refractivity contribution is 5.75. The molecule has 5 nitrogen and oxygen atoms in total. The topological polar surface area (TPSA) is 80.9 Å². The molecule has 4 N–H and O–H groups in total. The Morgan fingerprint density at radius 1 is 1.21 bits per heavy atom. The van der Waals surface area contributed by atoms with Gasteiger partial charge in [0.05, 0.1) is 17.6 Å². The Bertz CT molecular complexity index is 610. The lowest BCUT2D eigenvalue weighted by Gasteiger charge is -2.29. The fourth-order valence-corrected chi connectivity index (χ4v) is 3.05. The number of aliphatic hydroxyl groups excluding tert-OH is 1. The first-order chi connectivity index (χ1) is 9.28. The van der Waals surface area contributed by atoms with Crippen LogP contribution in [-0.4, -0.2) is 34.8 Å². The lowest BCUT2D eigenvalue weighted by atomic mass is 9.81. The molecule has 1 fully saturated rings. The van der Waals surface area contributed by atoms with Crippen molar-refractivity contribution in [2.75, 3.05) is 19.7 Å². The average Bonchev–Trinajstić information content (AvgIpc) is 2.80. The number of H-pyrrole nitrogens is 2. The number of aromatic amines is 2. The number of piperidine rings is 1. The molecule has 1 aliphatic rings. The van der Waals surface area contributed by atoms with Gasteiger partial charge in [0, 0.05) is 5.92 Å². The molecule has 1 aliphatic heterocycles. The van der Waals surface area contributed by atoms with E-state index in [9.17, 15) is 9.90 Å². The van der Waals surface area contributed by atoms with E-state index in [1.54, 1.807) is 0 Å². The largest absolute Gasteiger partial charge is 0.396 e. The maximum atomic E-state index is 11.3. The van der Waals surface area contributed by atoms with Gasteiger partial charge in [-0.1, -0.05) is 6.07 Å². The number of rotatable bonds is 3. The minimum absolute atomic E-state index is 0.157. The van der Waals surface area contributed by atoms with Crippen molar-refractivity contribution in [2.45, 2.75) is 18.8 Å². The molecule has 19 heavy (non-hydrogen) atoms. The highest BCUT2D eigenvalue weighted by Crippen LogP contribution is 2.31. The predicted octanol–water partition coefficient (Wildman–Crippen LogP) is 0.932. The maximum Gasteiger partial charge on any atom is 0.323 e. The molecular formula is C14H19N3O2. The molecule has 1 saturated heterocycles. The van der Waals surface area contributed by atoms with Gasteiger partial charge in [-0.2, -0.15) is 0 Å². The van der Waals surface area contributed by atoms with Crippen LogP contribution < -0.4 is 11.0 Å². The van der Waals surface area contributed by atoms with Crippen molar-refractivity contribution in [3.63, 3.8) is 0 Å². The van der Waals surface area contributed by atoms with Crippen LogP contribution in [0.5, 0.6) is 0 Å². The molecule has 0 spiro atoms. The van der Waals surface area contributed by atoms with E-state index in [2.05, 4.69) is 15.3 Å². The Morgan fingerprint density at radius 2 is 1.95 bits per heavy atom. The lowest BCUT2D eigenvalue weighted by molar-refractivity contribution is 0.201. The van der Waals surface area contributed by atoms with Gasteiger partial charge in [0.1, 0.15) is 0 Å². The second-order valence-electron chi connectivity index (χ2n) is 5.26. The number of imidazole rings is 1. The van der Waals surface area contributed by atoms with E-state index in [0.29, 0.717) is 5.92 Å². The maximum absolute atomic E-state index is 11.3. The third kappa shape index (κ3) is 2.43. The van der Waals surface area contributed by atoms with Crippen LogP contribution in [0, 0.1) is 5.92 Å². The van der Waals surface area contributed by atoms with E-state index in [0.717, 1.165) is 42.5 Å². The second kappa shape index (κ2) is 5.19. The molecule has 5 heteroatoms. The first-order valence-electron chi connectivity index (χ1n) is 6.81. The summed E-state index contributed by atoms with van der Waals surface area (Å²) < 4.78 is 0. The van der Waals surface area contributed by atoms with Crippen LogP contribution in [0.25, 0.3) is 11.0 Å². The van der Waals surface area contributed by atoms with Crippen molar-refractivity contribution in [3.8, 4) is 0 Å². The van der Waals surface area contributed by atoms with Crippen molar-refractivity contribution >= 4 is 11.0 Å². The molecule has 3 rings (SSSR count). The summed E-state index contributed by atoms with van der Waals surface area (Å²) in [6, 6.07) is 5.90. The van der Waals surface area contributed by atoms with E-state index < -0.39 is 0 Å². The molecule has 1 unspecified atom stereocenters. The van der Waals surface area contributed by atoms with Crippen LogP contribution in [0.1, 0.15) is 24.3 Å². The standard InChI is InChI=1S/C14H19N3O2/c18-8-11(9-3-5-15-6-4-9)10-1-2-12-13(7-10)17-14(19)16-12/h1-2,7,9,11,15,18H,3-6,8H2,(H2,16,17,19). The summed E-state index contributed by atoms with van der Waals surface area (Å²) in [6.07, 6.45) is 2.18. The Kier molecular flexibility index (Phi) is 3.40. The zero-order chi connectivity index (χ0) is 13.2. The first kappa shape index (κ1) is 12.4. The van der Waals surface area contributed by atoms with E-state index in [1.807, 2.05) is 18.2 Å². The Morgan fingerprint density at radius 3 is 2.68 bits per heavy atom. The third-order valence-electron chi connectivity index (χ3n) is 4.12. The summed E-state index contributed by atoms with van der Waals surface area (Å²) in [5.41, 5.74) is 2.55. The van der Waals surface area contributed by atoms with Gasteiger partial charge in [-0.25, -0.2) is 4.79 Å². The molecule has 0 bridgehead atoms. The monoisotopic (exact) mass is 261 g/mol. The molecule has 1 atom stereocenters. The summed E-state index contributed by atoms with van der Waals surface area (Å²) in [5.74, 6) is 0.666. The summed E-state index contributed by atoms with van der Waals surface area (Å²) >= 11 is 0. The Hall–Kier alpha value is -1.59. The first-order valence-corrected chi connectivity index (χ1v) is 6.81. The zero-order valence-electron chi connectivity index (χ0n) is 10.8. The van der Waals surface area contributed by atoms with Gasteiger partial charge in [0.15, 0.2) is 0 Å². The molecule has 0 saturated carbocycles. The third-order valence-corrected chi connectivity index (χ3v) is 4.12. The average molecular weight is 261 g/mol. The molecule has 1 aromatic carbocycles. The predicted molar refractivity (Wildman–Crippen MR) is 74.3 cm³/mol. The van der Waals surface area contributed by atoms with Crippen LogP contribution >= 0.6 is 0 Å². The van der Waals surface area contributed by atoms with Gasteiger partial charge in [0.25, 0.3) is 0 Å². The minimum atomic E-state index is -0.186. The fraction of sp³-hybridized carbons (Fsp3) is 0.500. The van der Waals surface area contributed by atoms with Crippen LogP contribution in [0.15, 0.2) is 23.0 Å². The second-order valence-corrected chi connectivity index (χ2v) is 5.26. The molecule has 0 aliphatic carbocycles. The number of fused-ring (bicyclic) bond motifs is 1. The molecule has 2 heterocycles. The number of hydrogen-bond donors (Lipinski definition) is 4. The molecule has 1 aromatic heterocycles. The molecule has 0 radical (unpaired) electrons. The fourth-order valence-electron chi connectivity index (χ4n) is 3.05. The van der Waals surface area contributed by atoms with Gasteiger partial charge in [-0.15, -0.1) is 0 Å². The number of hydrogen-bond acceptors (Lipinski definition) is 3. The number of aliphatic hydroxyl groups is 1. The highest BCUT2D eigenvalue weighted by Gasteiger charge is 2.24. The van der Waals surface area contributed by atoms with Gasteiger partial charge < -0.3 is 20.4 Å².